The first-order chi connectivity index (χ1) is 20.5. The van der Waals surface area contributed by atoms with Crippen LogP contribution in [-0.4, -0.2) is 72.1 Å². The highest BCUT2D eigenvalue weighted by Crippen LogP contribution is 2.54. The van der Waals surface area contributed by atoms with E-state index < -0.39 is 5.41 Å². The fourth-order valence-corrected chi connectivity index (χ4v) is 7.78. The van der Waals surface area contributed by atoms with Crippen LogP contribution in [0.2, 0.25) is 0 Å². The molecular formula is C32H39N7O3. The molecule has 42 heavy (non-hydrogen) atoms. The minimum Gasteiger partial charge on any atom is -0.473 e. The number of aromatic nitrogens is 3. The van der Waals surface area contributed by atoms with Crippen molar-refractivity contribution in [2.75, 3.05) is 50.5 Å². The lowest BCUT2D eigenvalue weighted by Gasteiger charge is -2.33. The number of hydrogen-bond acceptors (Lipinski definition) is 10. The predicted octanol–water partition coefficient (Wildman–Crippen LogP) is 4.24. The van der Waals surface area contributed by atoms with Crippen LogP contribution >= 0.6 is 0 Å². The molecule has 1 spiro atoms. The van der Waals surface area contributed by atoms with Crippen molar-refractivity contribution in [3.63, 3.8) is 0 Å². The molecule has 2 aliphatic carbocycles. The van der Waals surface area contributed by atoms with Gasteiger partial charge in [-0.05, 0) is 89.1 Å². The van der Waals surface area contributed by atoms with E-state index in [1.165, 1.54) is 12.0 Å². The summed E-state index contributed by atoms with van der Waals surface area (Å²) >= 11 is 0. The van der Waals surface area contributed by atoms with E-state index in [0.717, 1.165) is 93.9 Å². The number of aryl methyl sites for hydroxylation is 1. The van der Waals surface area contributed by atoms with E-state index in [9.17, 15) is 5.26 Å². The summed E-state index contributed by atoms with van der Waals surface area (Å²) in [5.74, 6) is 2.74. The zero-order valence-electron chi connectivity index (χ0n) is 24.6. The number of nitrogens with zero attached hydrogens (tertiary/aromatic N) is 6. The molecule has 2 aromatic heterocycles. The van der Waals surface area contributed by atoms with Crippen molar-refractivity contribution in [2.45, 2.75) is 75.9 Å². The molecule has 7 rings (SSSR count). The van der Waals surface area contributed by atoms with Crippen molar-refractivity contribution < 1.29 is 14.0 Å². The summed E-state index contributed by atoms with van der Waals surface area (Å²) in [5.41, 5.74) is 10.9. The molecule has 4 aliphatic rings. The van der Waals surface area contributed by atoms with Crippen molar-refractivity contribution in [3.05, 3.63) is 46.2 Å². The summed E-state index contributed by atoms with van der Waals surface area (Å²) in [6.07, 6.45) is 7.64. The number of fused-ring (bicyclic) bond motifs is 4. The van der Waals surface area contributed by atoms with E-state index in [-0.39, 0.29) is 6.10 Å². The van der Waals surface area contributed by atoms with Crippen molar-refractivity contribution in [3.8, 4) is 23.5 Å². The summed E-state index contributed by atoms with van der Waals surface area (Å²) in [6.45, 7) is 6.23. The summed E-state index contributed by atoms with van der Waals surface area (Å²) < 4.78 is 18.5. The highest BCUT2D eigenvalue weighted by atomic mass is 16.5. The number of ether oxygens (including phenoxy) is 2. The molecule has 0 saturated carbocycles. The Morgan fingerprint density at radius 3 is 2.86 bits per heavy atom. The van der Waals surface area contributed by atoms with E-state index in [4.69, 9.17) is 29.7 Å². The molecule has 2 fully saturated rings. The Morgan fingerprint density at radius 2 is 2.02 bits per heavy atom. The van der Waals surface area contributed by atoms with Crippen LogP contribution in [0, 0.1) is 11.3 Å². The molecule has 0 amide bonds. The zero-order valence-corrected chi connectivity index (χ0v) is 24.6. The predicted molar refractivity (Wildman–Crippen MR) is 159 cm³/mol. The zero-order chi connectivity index (χ0) is 28.8. The Kier molecular flexibility index (Phi) is 7.03. The van der Waals surface area contributed by atoms with E-state index in [2.05, 4.69) is 41.1 Å². The lowest BCUT2D eigenvalue weighted by atomic mass is 9.68. The highest BCUT2D eigenvalue weighted by molar-refractivity contribution is 5.68. The van der Waals surface area contributed by atoms with Gasteiger partial charge in [-0.25, -0.2) is 4.98 Å². The molecular weight excluding hydrogens is 530 g/mol. The van der Waals surface area contributed by atoms with Crippen LogP contribution in [0.15, 0.2) is 22.7 Å². The molecule has 2 N–H and O–H groups in total. The average Bonchev–Trinajstić information content (AvgIpc) is 3.65. The third-order valence-corrected chi connectivity index (χ3v) is 9.86. The normalized spacial score (nSPS) is 24.7. The van der Waals surface area contributed by atoms with Crippen LogP contribution < -0.4 is 15.4 Å². The Bertz CT molecular complexity index is 1520. The lowest BCUT2D eigenvalue weighted by Crippen LogP contribution is -2.38. The molecule has 220 valence electrons. The second kappa shape index (κ2) is 10.9. The first kappa shape index (κ1) is 27.2. The monoisotopic (exact) mass is 569 g/mol. The van der Waals surface area contributed by atoms with Gasteiger partial charge >= 0.3 is 0 Å². The maximum atomic E-state index is 10.1. The molecule has 2 aliphatic heterocycles. The van der Waals surface area contributed by atoms with Gasteiger partial charge < -0.3 is 24.6 Å². The third-order valence-electron chi connectivity index (χ3n) is 9.86. The molecule has 4 heterocycles. The van der Waals surface area contributed by atoms with Crippen LogP contribution in [0.5, 0.6) is 5.88 Å². The maximum Gasteiger partial charge on any atom is 0.219 e. The Labute approximate surface area is 246 Å². The number of hydrogen-bond donors (Lipinski definition) is 1. The molecule has 10 nitrogen and oxygen atoms in total. The molecule has 3 atom stereocenters. The minimum absolute atomic E-state index is 0.0140. The average molecular weight is 570 g/mol. The van der Waals surface area contributed by atoms with Gasteiger partial charge in [0.15, 0.2) is 17.3 Å². The molecule has 0 bridgehead atoms. The number of nitriles is 1. The van der Waals surface area contributed by atoms with Crippen LogP contribution in [0.4, 0.5) is 11.5 Å². The standard InChI is InChI=1S/C32H39N7O3/c1-20(25-7-4-13-38(25)2)41-27-18-26(39-14-5-16-40-17-15-39)35-31(36-27)29-22-6-3-11-32(30(22)42-37-29)12-10-21-8-9-24(34)23(19-33)28(21)32/h8-9,18,20,25H,3-7,10-17,34H2,1-2H3. The summed E-state index contributed by atoms with van der Waals surface area (Å²) in [7, 11) is 2.16. The van der Waals surface area contributed by atoms with Gasteiger partial charge in [0.05, 0.1) is 17.6 Å². The number of rotatable bonds is 5. The van der Waals surface area contributed by atoms with Gasteiger partial charge in [-0.15, -0.1) is 0 Å². The molecule has 10 heteroatoms. The van der Waals surface area contributed by atoms with Crippen molar-refractivity contribution >= 4 is 11.5 Å². The molecule has 0 radical (unpaired) electrons. The van der Waals surface area contributed by atoms with Crippen molar-refractivity contribution in [1.29, 1.82) is 5.26 Å². The molecule has 3 aromatic rings. The largest absolute Gasteiger partial charge is 0.473 e. The first-order valence-corrected chi connectivity index (χ1v) is 15.4. The smallest absolute Gasteiger partial charge is 0.219 e. The molecule has 2 saturated heterocycles. The van der Waals surface area contributed by atoms with Crippen LogP contribution in [-0.2, 0) is 23.0 Å². The summed E-state index contributed by atoms with van der Waals surface area (Å²) in [4.78, 5) is 14.6. The van der Waals surface area contributed by atoms with Gasteiger partial charge in [-0.1, -0.05) is 11.2 Å². The number of nitrogen functional groups attached to an aromatic ring is 1. The number of benzene rings is 1. The minimum atomic E-state index is -0.407. The number of likely N-dealkylation sites (tertiary alicyclic amines) is 1. The Hall–Kier alpha value is -3.68. The van der Waals surface area contributed by atoms with E-state index in [1.54, 1.807) is 0 Å². The van der Waals surface area contributed by atoms with Gasteiger partial charge in [0.1, 0.15) is 18.0 Å². The SMILES string of the molecule is CC(Oc1cc(N2CCCOCC2)nc(-c2noc3c2CCCC32CCc3ccc(N)c(C#N)c32)n1)C1CCCN1C. The number of likely N-dealkylation sites (N-methyl/N-ethyl adjacent to an activating group) is 1. The second-order valence-electron chi connectivity index (χ2n) is 12.3. The van der Waals surface area contributed by atoms with Crippen LogP contribution in [0.25, 0.3) is 11.5 Å². The van der Waals surface area contributed by atoms with Gasteiger partial charge in [-0.2, -0.15) is 10.2 Å². The first-order valence-electron chi connectivity index (χ1n) is 15.4. The Morgan fingerprint density at radius 1 is 1.12 bits per heavy atom. The number of anilines is 2. The quantitative estimate of drug-likeness (QED) is 0.446. The topological polar surface area (TPSA) is 127 Å². The van der Waals surface area contributed by atoms with Gasteiger partial charge in [0.2, 0.25) is 5.88 Å². The van der Waals surface area contributed by atoms with Crippen LogP contribution in [0.1, 0.15) is 73.5 Å². The Balaban J connectivity index is 1.31. The van der Waals surface area contributed by atoms with E-state index in [0.29, 0.717) is 41.3 Å². The number of nitrogens with two attached hydrogens (primary N) is 1. The maximum absolute atomic E-state index is 10.1. The second-order valence-corrected chi connectivity index (χ2v) is 12.3. The van der Waals surface area contributed by atoms with Crippen molar-refractivity contribution in [1.82, 2.24) is 20.0 Å². The van der Waals surface area contributed by atoms with E-state index >= 15 is 0 Å². The summed E-state index contributed by atoms with van der Waals surface area (Å²) in [6, 6.07) is 8.62. The summed E-state index contributed by atoms with van der Waals surface area (Å²) in [5, 5.41) is 14.7. The molecule has 1 aromatic carbocycles. The third kappa shape index (κ3) is 4.50. The fourth-order valence-electron chi connectivity index (χ4n) is 7.78. The van der Waals surface area contributed by atoms with E-state index in [1.807, 2.05) is 12.1 Å². The van der Waals surface area contributed by atoms with Gasteiger partial charge in [0, 0.05) is 43.1 Å². The highest BCUT2D eigenvalue weighted by Gasteiger charge is 2.49. The van der Waals surface area contributed by atoms with Gasteiger partial charge in [0.25, 0.3) is 0 Å². The van der Waals surface area contributed by atoms with Gasteiger partial charge in [-0.3, -0.25) is 4.90 Å². The van der Waals surface area contributed by atoms with Crippen molar-refractivity contribution in [2.24, 2.45) is 0 Å². The lowest BCUT2D eigenvalue weighted by molar-refractivity contribution is 0.117. The fraction of sp³-hybridized carbons (Fsp3) is 0.562. The van der Waals surface area contributed by atoms with Crippen LogP contribution in [0.3, 0.4) is 0 Å². The molecule has 3 unspecified atom stereocenters.